The Bertz CT molecular complexity index is 3520. The number of aromatic nitrogens is 5. The molecule has 0 bridgehead atoms. The van der Waals surface area contributed by atoms with Crippen molar-refractivity contribution in [1.29, 1.82) is 0 Å². The van der Waals surface area contributed by atoms with Crippen molar-refractivity contribution in [3.8, 4) is 16.9 Å². The van der Waals surface area contributed by atoms with Crippen LogP contribution in [0.1, 0.15) is 112 Å². The third-order valence-corrected chi connectivity index (χ3v) is 15.9. The molecule has 7 rings (SSSR count). The molecular weight excluding hydrogens is 1230 g/mol. The molecule has 85 heavy (non-hydrogen) atoms. The second-order valence-corrected chi connectivity index (χ2v) is 25.1. The molecule has 0 saturated carbocycles. The average Bonchev–Trinajstić information content (AvgIpc) is 2.03. The number of rotatable bonds is 17. The molecule has 1 aliphatic carbocycles. The van der Waals surface area contributed by atoms with Crippen LogP contribution in [0, 0.1) is 31.9 Å². The fraction of sp³-hybridized carbons (Fsp3) is 0.426. The number of aliphatic carboxylic acids is 1. The molecule has 0 spiro atoms. The summed E-state index contributed by atoms with van der Waals surface area (Å²) in [5, 5.41) is 19.3. The van der Waals surface area contributed by atoms with Crippen LogP contribution >= 0.6 is 31.4 Å². The number of anilines is 1. The van der Waals surface area contributed by atoms with Crippen molar-refractivity contribution in [1.82, 2.24) is 29.9 Å². The van der Waals surface area contributed by atoms with Crippen molar-refractivity contribution in [2.75, 3.05) is 16.8 Å². The van der Waals surface area contributed by atoms with Gasteiger partial charge in [-0.1, -0.05) is 57.5 Å². The zero-order valence-electron chi connectivity index (χ0n) is 48.0. The van der Waals surface area contributed by atoms with Crippen LogP contribution in [0.15, 0.2) is 54.6 Å². The van der Waals surface area contributed by atoms with E-state index in [1.165, 1.54) is 70.3 Å². The van der Waals surface area contributed by atoms with E-state index in [4.69, 9.17) is 16.1 Å². The van der Waals surface area contributed by atoms with E-state index in [2.05, 4.69) is 20.5 Å². The number of amides is 2. The topological polar surface area (TPSA) is 219 Å². The maximum Gasteiger partial charge on any atom is 1.00 e. The van der Waals surface area contributed by atoms with Crippen LogP contribution in [-0.4, -0.2) is 84.9 Å². The first kappa shape index (κ1) is 72.4. The first-order valence-corrected chi connectivity index (χ1v) is 29.9. The van der Waals surface area contributed by atoms with Crippen LogP contribution < -0.4 is 43.7 Å². The van der Waals surface area contributed by atoms with Gasteiger partial charge >= 0.3 is 55.7 Å². The van der Waals surface area contributed by atoms with Crippen molar-refractivity contribution < 1.29 is 116 Å². The van der Waals surface area contributed by atoms with Gasteiger partial charge in [0.1, 0.15) is 30.5 Å². The maximum atomic E-state index is 15.1. The van der Waals surface area contributed by atoms with Gasteiger partial charge in [0.05, 0.1) is 39.8 Å². The number of phosphoric acid groups is 1. The molecule has 16 nitrogen and oxygen atoms in total. The van der Waals surface area contributed by atoms with Crippen molar-refractivity contribution >= 4 is 76.7 Å². The standard InChI is InChI=1S/C47H42ClF10N7O8PS.C5H12OS.C2H6.Na/c1-22-12-25(17-36(68)69)38(33(13-22)73-74(70,71)72)44(3,4)19-35(67)65(75-5)43-37-31(48)9-8-29(40(37)64(62-43)21-46(53,54)55)28-7-6-23(2)59-39(28)32(16-24-14-26(49)18-27(50)15-24)60-34(66)20-63-42-30(10-11-45(42,51)52)41(61-63)47(56,57)58;1-5(2,3)7(4)6;1-2;/h6-9,11-15,18,32H,10,16-17,19-21H2,1-5H3,(H,60,66)(H,68,69)(H2,70,71,72);1-4H3;1-2H3;/q-1;;;+1. The van der Waals surface area contributed by atoms with Crippen LogP contribution in [0.2, 0.25) is 5.02 Å². The fourth-order valence-corrected chi connectivity index (χ4v) is 10.4. The number of aryl methyl sites for hydroxylation is 2. The Morgan fingerprint density at radius 2 is 1.53 bits per heavy atom. The Labute approximate surface area is 516 Å². The molecular formula is C54H60ClF10N7NaO9PS2. The van der Waals surface area contributed by atoms with Gasteiger partial charge in [0.25, 0.3) is 0 Å². The Morgan fingerprint density at radius 3 is 2.06 bits per heavy atom. The maximum absolute atomic E-state index is 15.1. The summed E-state index contributed by atoms with van der Waals surface area (Å²) in [6.45, 7) is 12.7. The monoisotopic (exact) mass is 1290 g/mol. The van der Waals surface area contributed by atoms with E-state index in [1.54, 1.807) is 6.26 Å². The average molecular weight is 1290 g/mol. The van der Waals surface area contributed by atoms with E-state index in [-0.39, 0.29) is 94.1 Å². The summed E-state index contributed by atoms with van der Waals surface area (Å²) in [7, 11) is -5.98. The summed E-state index contributed by atoms with van der Waals surface area (Å²) in [5.41, 5.74) is -5.78. The molecule has 2 unspecified atom stereocenters. The Kier molecular flexibility index (Phi) is 23.8. The number of hydrogen-bond acceptors (Lipinski definition) is 10. The first-order valence-electron chi connectivity index (χ1n) is 25.3. The number of nitrogens with zero attached hydrogens (tertiary/aromatic N) is 6. The summed E-state index contributed by atoms with van der Waals surface area (Å²) in [6, 6.07) is 8.59. The molecule has 3 heterocycles. The van der Waals surface area contributed by atoms with Gasteiger partial charge in [-0.05, 0) is 106 Å². The number of hydrogen-bond donors (Lipinski definition) is 4. The van der Waals surface area contributed by atoms with Gasteiger partial charge in [-0.3, -0.25) is 42.7 Å². The van der Waals surface area contributed by atoms with Gasteiger partial charge in [0.2, 0.25) is 11.8 Å². The Morgan fingerprint density at radius 1 is 0.941 bits per heavy atom. The molecule has 0 saturated heterocycles. The Balaban J connectivity index is 0.00000144. The minimum atomic E-state index is -5.30. The molecule has 460 valence electrons. The molecule has 2 atom stereocenters. The number of halogens is 11. The molecule has 0 fully saturated rings. The number of phosphoric ester groups is 1. The van der Waals surface area contributed by atoms with Crippen LogP contribution in [0.4, 0.5) is 49.7 Å². The zero-order valence-corrected chi connectivity index (χ0v) is 53.3. The number of benzene rings is 3. The number of carboxylic acids is 1. The minimum absolute atomic E-state index is 0. The number of carboxylic acid groups (broad SMARTS) is 1. The predicted octanol–water partition coefficient (Wildman–Crippen LogP) is 9.65. The van der Waals surface area contributed by atoms with Gasteiger partial charge in [-0.25, -0.2) is 32.9 Å². The molecule has 0 aliphatic heterocycles. The summed E-state index contributed by atoms with van der Waals surface area (Å²) in [4.78, 5) is 64.7. The van der Waals surface area contributed by atoms with Crippen LogP contribution in [-0.2, 0) is 79.6 Å². The third-order valence-electron chi connectivity index (χ3n) is 12.6. The van der Waals surface area contributed by atoms with Crippen molar-refractivity contribution in [2.24, 2.45) is 0 Å². The van der Waals surface area contributed by atoms with E-state index in [9.17, 15) is 73.2 Å². The van der Waals surface area contributed by atoms with E-state index in [0.717, 1.165) is 16.4 Å². The zero-order chi connectivity index (χ0) is 63.6. The van der Waals surface area contributed by atoms with Crippen LogP contribution in [0.3, 0.4) is 0 Å². The summed E-state index contributed by atoms with van der Waals surface area (Å²) < 4.78 is 175. The van der Waals surface area contributed by atoms with Gasteiger partial charge in [-0.2, -0.15) is 36.5 Å². The third kappa shape index (κ3) is 18.3. The summed E-state index contributed by atoms with van der Waals surface area (Å²) in [5.74, 6) is -10.5. The second kappa shape index (κ2) is 28.0. The van der Waals surface area contributed by atoms with Gasteiger partial charge < -0.3 is 14.9 Å². The van der Waals surface area contributed by atoms with E-state index < -0.39 is 145 Å². The van der Waals surface area contributed by atoms with Gasteiger partial charge in [0, 0.05) is 68.3 Å². The summed E-state index contributed by atoms with van der Waals surface area (Å²) >= 11 is 7.47. The number of nitrogens with one attached hydrogen (secondary N) is 1. The summed E-state index contributed by atoms with van der Waals surface area (Å²) in [6.07, 6.45) is -9.52. The van der Waals surface area contributed by atoms with Gasteiger partial charge in [-0.15, -0.1) is 6.42 Å². The number of carbonyl (C=O) groups is 3. The second-order valence-electron chi connectivity index (χ2n) is 20.7. The molecule has 3 aromatic heterocycles. The number of alkyl halides is 8. The molecule has 2 amide bonds. The molecule has 31 heteroatoms. The number of pyridine rings is 1. The largest absolute Gasteiger partial charge is 1.00 e. The first-order chi connectivity index (χ1) is 38.6. The normalized spacial score (nSPS) is 14.0. The Hall–Kier alpha value is -5.06. The van der Waals surface area contributed by atoms with Crippen LogP contribution in [0.5, 0.6) is 5.75 Å². The van der Waals surface area contributed by atoms with E-state index in [1.807, 2.05) is 34.6 Å². The van der Waals surface area contributed by atoms with Crippen molar-refractivity contribution in [3.63, 3.8) is 0 Å². The predicted molar refractivity (Wildman–Crippen MR) is 298 cm³/mol. The number of carbonyl (C=O) groups excluding carboxylic acids is 2. The smallest absolute Gasteiger partial charge is 0.481 e. The molecule has 1 aliphatic rings. The SMILES string of the molecule is CC.CS(=O)C(C)(C)C.CSN(C(=O)CC(C)(C)c1c(CC(=O)O)cc(C)cc1OP(=O)(O)O)c1nn(CC(F)(F)F)c2c(-c3ccc(C)nc3C(Cc3cc(F)cc(F)c3)NC(=O)Cn3nc(C(F)(F)F)c4c3C(F)(F)[CH-]C4)ccc(Cl)c12.[Na+]. The molecule has 6 aromatic rings. The molecule has 0 radical (unpaired) electrons. The quantitative estimate of drug-likeness (QED) is 0.0220. The van der Waals surface area contributed by atoms with E-state index in [0.29, 0.717) is 34.7 Å². The molecule has 3 aromatic carbocycles. The van der Waals surface area contributed by atoms with Crippen molar-refractivity contribution in [3.05, 3.63) is 128 Å². The fourth-order valence-electron chi connectivity index (χ4n) is 9.21. The van der Waals surface area contributed by atoms with Gasteiger partial charge in [0.15, 0.2) is 17.4 Å². The molecule has 4 N–H and O–H groups in total. The van der Waals surface area contributed by atoms with E-state index >= 15 is 8.78 Å². The van der Waals surface area contributed by atoms with Crippen LogP contribution in [0.25, 0.3) is 22.0 Å². The number of fused-ring (bicyclic) bond motifs is 2. The minimum Gasteiger partial charge on any atom is -0.481 e. The van der Waals surface area contributed by atoms with Crippen molar-refractivity contribution in [2.45, 2.75) is 136 Å².